The second-order valence-corrected chi connectivity index (χ2v) is 7.43. The summed E-state index contributed by atoms with van der Waals surface area (Å²) in [5.74, 6) is -0.0683. The standard InChI is InChI=1S/C21H18N2O2S/c1-22(13-14-8-4-3-5-9-14)21(25)18-12-16-19(26-18)15-10-6-7-11-17(15)23(2)20(16)24/h3-12H,13H2,1-2H3. The van der Waals surface area contributed by atoms with Gasteiger partial charge in [0.15, 0.2) is 0 Å². The van der Waals surface area contributed by atoms with Gasteiger partial charge in [-0.25, -0.2) is 0 Å². The third kappa shape index (κ3) is 2.70. The Hall–Kier alpha value is -2.92. The molecule has 0 aliphatic rings. The first-order valence-electron chi connectivity index (χ1n) is 8.37. The first-order valence-corrected chi connectivity index (χ1v) is 9.18. The molecule has 2 heterocycles. The van der Waals surface area contributed by atoms with Crippen LogP contribution in [0.2, 0.25) is 0 Å². The SMILES string of the molecule is CN(Cc1ccccc1)C(=O)c1cc2c(=O)n(C)c3ccccc3c2s1. The molecule has 0 radical (unpaired) electrons. The molecule has 1 amide bonds. The summed E-state index contributed by atoms with van der Waals surface area (Å²) in [5.41, 5.74) is 1.88. The molecule has 2 aromatic heterocycles. The smallest absolute Gasteiger partial charge is 0.264 e. The van der Waals surface area contributed by atoms with E-state index in [-0.39, 0.29) is 11.5 Å². The van der Waals surface area contributed by atoms with E-state index in [1.165, 1.54) is 11.3 Å². The van der Waals surface area contributed by atoms with Gasteiger partial charge in [0.2, 0.25) is 0 Å². The molecule has 4 rings (SSSR count). The predicted molar refractivity (Wildman–Crippen MR) is 107 cm³/mol. The second kappa shape index (κ2) is 6.42. The summed E-state index contributed by atoms with van der Waals surface area (Å²) < 4.78 is 2.52. The van der Waals surface area contributed by atoms with Gasteiger partial charge >= 0.3 is 0 Å². The maximum absolute atomic E-state index is 12.9. The van der Waals surface area contributed by atoms with E-state index in [1.54, 1.807) is 29.6 Å². The fourth-order valence-corrected chi connectivity index (χ4v) is 4.40. The Kier molecular flexibility index (Phi) is 4.09. The number of carbonyl (C=O) groups is 1. The first kappa shape index (κ1) is 16.5. The molecule has 26 heavy (non-hydrogen) atoms. The van der Waals surface area contributed by atoms with E-state index in [9.17, 15) is 9.59 Å². The Morgan fingerprint density at radius 1 is 1.04 bits per heavy atom. The number of amides is 1. The van der Waals surface area contributed by atoms with E-state index >= 15 is 0 Å². The van der Waals surface area contributed by atoms with Crippen LogP contribution in [-0.2, 0) is 13.6 Å². The summed E-state index contributed by atoms with van der Waals surface area (Å²) in [6.07, 6.45) is 0. The number of thiophene rings is 1. The Labute approximate surface area is 154 Å². The third-order valence-electron chi connectivity index (χ3n) is 4.60. The van der Waals surface area contributed by atoms with Gasteiger partial charge in [-0.15, -0.1) is 11.3 Å². The molecule has 0 N–H and O–H groups in total. The minimum absolute atomic E-state index is 0.0683. The summed E-state index contributed by atoms with van der Waals surface area (Å²) in [7, 11) is 3.56. The highest BCUT2D eigenvalue weighted by Crippen LogP contribution is 2.31. The van der Waals surface area contributed by atoms with E-state index < -0.39 is 0 Å². The lowest BCUT2D eigenvalue weighted by Gasteiger charge is -2.16. The number of aromatic nitrogens is 1. The van der Waals surface area contributed by atoms with Gasteiger partial charge in [-0.05, 0) is 17.7 Å². The Morgan fingerprint density at radius 2 is 1.73 bits per heavy atom. The summed E-state index contributed by atoms with van der Waals surface area (Å²) in [5, 5.41) is 1.60. The van der Waals surface area contributed by atoms with Crippen LogP contribution in [-0.4, -0.2) is 22.4 Å². The molecule has 0 bridgehead atoms. The topological polar surface area (TPSA) is 42.3 Å². The van der Waals surface area contributed by atoms with E-state index in [0.29, 0.717) is 16.8 Å². The van der Waals surface area contributed by atoms with Crippen LogP contribution in [0, 0.1) is 0 Å². The molecule has 0 saturated carbocycles. The van der Waals surface area contributed by atoms with E-state index in [4.69, 9.17) is 0 Å². The van der Waals surface area contributed by atoms with Crippen molar-refractivity contribution >= 4 is 38.2 Å². The van der Waals surface area contributed by atoms with Crippen LogP contribution >= 0.6 is 11.3 Å². The van der Waals surface area contributed by atoms with Gasteiger partial charge < -0.3 is 9.47 Å². The van der Waals surface area contributed by atoms with Gasteiger partial charge in [-0.1, -0.05) is 48.5 Å². The predicted octanol–water partition coefficient (Wildman–Crippen LogP) is 4.03. The van der Waals surface area contributed by atoms with Crippen molar-refractivity contribution in [2.24, 2.45) is 7.05 Å². The Bertz CT molecular complexity index is 1180. The number of rotatable bonds is 3. The largest absolute Gasteiger partial charge is 0.337 e. The fourth-order valence-electron chi connectivity index (χ4n) is 3.22. The molecular weight excluding hydrogens is 344 g/mol. The molecule has 2 aromatic carbocycles. The maximum atomic E-state index is 12.9. The van der Waals surface area contributed by atoms with Crippen molar-refractivity contribution in [1.29, 1.82) is 0 Å². The zero-order chi connectivity index (χ0) is 18.3. The number of hydrogen-bond acceptors (Lipinski definition) is 3. The molecule has 5 heteroatoms. The molecule has 4 nitrogen and oxygen atoms in total. The molecule has 0 spiro atoms. The average Bonchev–Trinajstić information content (AvgIpc) is 3.12. The van der Waals surface area contributed by atoms with Crippen molar-refractivity contribution in [3.8, 4) is 0 Å². The highest BCUT2D eigenvalue weighted by Gasteiger charge is 2.18. The molecule has 130 valence electrons. The highest BCUT2D eigenvalue weighted by atomic mass is 32.1. The minimum Gasteiger partial charge on any atom is -0.337 e. The zero-order valence-corrected chi connectivity index (χ0v) is 15.4. The summed E-state index contributed by atoms with van der Waals surface area (Å²) in [6, 6.07) is 19.4. The number of benzene rings is 2. The number of carbonyl (C=O) groups excluding carboxylic acids is 1. The van der Waals surface area contributed by atoms with Crippen LogP contribution in [0.1, 0.15) is 15.2 Å². The number of hydrogen-bond donors (Lipinski definition) is 0. The number of aryl methyl sites for hydroxylation is 1. The third-order valence-corrected chi connectivity index (χ3v) is 5.75. The molecular formula is C21H18N2O2S. The Balaban J connectivity index is 1.78. The summed E-state index contributed by atoms with van der Waals surface area (Å²) in [4.78, 5) is 27.8. The fraction of sp³-hybridized carbons (Fsp3) is 0.143. The van der Waals surface area contributed by atoms with E-state index in [2.05, 4.69) is 0 Å². The average molecular weight is 362 g/mol. The lowest BCUT2D eigenvalue weighted by Crippen LogP contribution is -2.25. The zero-order valence-electron chi connectivity index (χ0n) is 14.6. The van der Waals surface area contributed by atoms with Gasteiger partial charge in [0, 0.05) is 30.7 Å². The lowest BCUT2D eigenvalue weighted by atomic mass is 10.1. The Morgan fingerprint density at radius 3 is 2.50 bits per heavy atom. The normalized spacial score (nSPS) is 11.2. The van der Waals surface area contributed by atoms with E-state index in [0.717, 1.165) is 21.2 Å². The summed E-state index contributed by atoms with van der Waals surface area (Å²) >= 11 is 1.39. The molecule has 0 aliphatic carbocycles. The van der Waals surface area contributed by atoms with Gasteiger partial charge in [-0.3, -0.25) is 9.59 Å². The van der Waals surface area contributed by atoms with Crippen LogP contribution in [0.5, 0.6) is 0 Å². The van der Waals surface area contributed by atoms with Gasteiger partial charge in [0.05, 0.1) is 15.8 Å². The number of fused-ring (bicyclic) bond motifs is 3. The van der Waals surface area contributed by atoms with Crippen LogP contribution in [0.4, 0.5) is 0 Å². The monoisotopic (exact) mass is 362 g/mol. The number of nitrogens with zero attached hydrogens (tertiary/aromatic N) is 2. The maximum Gasteiger partial charge on any atom is 0.264 e. The quantitative estimate of drug-likeness (QED) is 0.552. The van der Waals surface area contributed by atoms with Gasteiger partial charge in [0.25, 0.3) is 11.5 Å². The van der Waals surface area contributed by atoms with Crippen molar-refractivity contribution in [1.82, 2.24) is 9.47 Å². The lowest BCUT2D eigenvalue weighted by molar-refractivity contribution is 0.0790. The molecule has 0 atom stereocenters. The second-order valence-electron chi connectivity index (χ2n) is 6.38. The van der Waals surface area contributed by atoms with Crippen LogP contribution < -0.4 is 5.56 Å². The van der Waals surface area contributed by atoms with Crippen molar-refractivity contribution < 1.29 is 4.79 Å². The van der Waals surface area contributed by atoms with Crippen molar-refractivity contribution in [3.05, 3.63) is 81.5 Å². The van der Waals surface area contributed by atoms with Crippen LogP contribution in [0.25, 0.3) is 21.0 Å². The van der Waals surface area contributed by atoms with Gasteiger partial charge in [0.1, 0.15) is 0 Å². The van der Waals surface area contributed by atoms with Crippen molar-refractivity contribution in [2.45, 2.75) is 6.54 Å². The number of pyridine rings is 1. The van der Waals surface area contributed by atoms with Gasteiger partial charge in [-0.2, -0.15) is 0 Å². The minimum atomic E-state index is -0.0697. The van der Waals surface area contributed by atoms with E-state index in [1.807, 2.05) is 54.6 Å². The highest BCUT2D eigenvalue weighted by molar-refractivity contribution is 7.21. The molecule has 0 unspecified atom stereocenters. The summed E-state index contributed by atoms with van der Waals surface area (Å²) in [6.45, 7) is 0.534. The molecule has 0 saturated heterocycles. The van der Waals surface area contributed by atoms with Crippen LogP contribution in [0.3, 0.4) is 0 Å². The van der Waals surface area contributed by atoms with Crippen molar-refractivity contribution in [2.75, 3.05) is 7.05 Å². The molecule has 0 fully saturated rings. The van der Waals surface area contributed by atoms with Crippen LogP contribution in [0.15, 0.2) is 65.5 Å². The molecule has 4 aromatic rings. The first-order chi connectivity index (χ1) is 12.6. The van der Waals surface area contributed by atoms with Crippen molar-refractivity contribution in [3.63, 3.8) is 0 Å². The number of para-hydroxylation sites is 1. The molecule has 0 aliphatic heterocycles.